The number of nitrogens with one attached hydrogen (secondary N) is 1. The zero-order valence-corrected chi connectivity index (χ0v) is 10.8. The van der Waals surface area contributed by atoms with Crippen molar-refractivity contribution < 1.29 is 9.66 Å². The molecule has 1 aliphatic heterocycles. The molecular weight excluding hydrogens is 250 g/mol. The highest BCUT2D eigenvalue weighted by Gasteiger charge is 2.22. The number of nitrogens with zero attached hydrogens (tertiary/aromatic N) is 3. The van der Waals surface area contributed by atoms with Crippen LogP contribution in [0.4, 0.5) is 17.5 Å². The lowest BCUT2D eigenvalue weighted by molar-refractivity contribution is -0.385. The van der Waals surface area contributed by atoms with Gasteiger partial charge < -0.3 is 15.8 Å². The maximum Gasteiger partial charge on any atom is 0.332 e. The normalized spacial score (nSPS) is 18.5. The van der Waals surface area contributed by atoms with E-state index in [9.17, 15) is 10.1 Å². The summed E-state index contributed by atoms with van der Waals surface area (Å²) in [4.78, 5) is 18.2. The molecule has 0 aliphatic carbocycles. The van der Waals surface area contributed by atoms with Crippen molar-refractivity contribution in [1.82, 2.24) is 9.97 Å². The summed E-state index contributed by atoms with van der Waals surface area (Å²) in [5, 5.41) is 13.9. The molecule has 8 nitrogen and oxygen atoms in total. The largest absolute Gasteiger partial charge is 0.378 e. The van der Waals surface area contributed by atoms with Gasteiger partial charge >= 0.3 is 5.69 Å². The number of nitro groups is 1. The summed E-state index contributed by atoms with van der Waals surface area (Å²) < 4.78 is 5.48. The minimum absolute atomic E-state index is 0.0303. The van der Waals surface area contributed by atoms with Crippen LogP contribution >= 0.6 is 0 Å². The number of nitrogens with two attached hydrogens (primary N) is 1. The molecule has 1 aromatic heterocycles. The van der Waals surface area contributed by atoms with E-state index in [0.29, 0.717) is 6.54 Å². The van der Waals surface area contributed by atoms with E-state index in [1.54, 1.807) is 6.92 Å². The van der Waals surface area contributed by atoms with Crippen molar-refractivity contribution in [2.75, 3.05) is 24.2 Å². The first-order chi connectivity index (χ1) is 9.08. The Kier molecular flexibility index (Phi) is 4.10. The first-order valence-electron chi connectivity index (χ1n) is 6.22. The molecule has 0 radical (unpaired) electrons. The van der Waals surface area contributed by atoms with Gasteiger partial charge in [-0.05, 0) is 26.2 Å². The lowest BCUT2D eigenvalue weighted by atomic mass is 10.2. The highest BCUT2D eigenvalue weighted by molar-refractivity contribution is 5.60. The van der Waals surface area contributed by atoms with Crippen LogP contribution in [0, 0.1) is 17.0 Å². The lowest BCUT2D eigenvalue weighted by Crippen LogP contribution is -2.15. The van der Waals surface area contributed by atoms with Crippen LogP contribution in [0.25, 0.3) is 0 Å². The van der Waals surface area contributed by atoms with Gasteiger partial charge in [-0.3, -0.25) is 10.1 Å². The maximum atomic E-state index is 11.0. The van der Waals surface area contributed by atoms with Gasteiger partial charge in [0, 0.05) is 13.2 Å². The molecule has 0 amide bonds. The van der Waals surface area contributed by atoms with Gasteiger partial charge in [0.2, 0.25) is 11.8 Å². The van der Waals surface area contributed by atoms with Crippen LogP contribution in [-0.4, -0.2) is 34.1 Å². The smallest absolute Gasteiger partial charge is 0.332 e. The highest BCUT2D eigenvalue weighted by atomic mass is 16.6. The number of aromatic nitrogens is 2. The van der Waals surface area contributed by atoms with Crippen LogP contribution in [-0.2, 0) is 4.74 Å². The van der Waals surface area contributed by atoms with E-state index in [1.807, 2.05) is 0 Å². The fourth-order valence-corrected chi connectivity index (χ4v) is 2.15. The van der Waals surface area contributed by atoms with Gasteiger partial charge in [0.1, 0.15) is 5.69 Å². The topological polar surface area (TPSA) is 116 Å². The molecule has 8 heteroatoms. The molecule has 0 bridgehead atoms. The molecule has 1 aliphatic rings. The number of hydrogen-bond acceptors (Lipinski definition) is 7. The van der Waals surface area contributed by atoms with E-state index in [1.165, 1.54) is 0 Å². The van der Waals surface area contributed by atoms with Gasteiger partial charge in [-0.1, -0.05) is 0 Å². The molecule has 1 atom stereocenters. The standard InChI is InChI=1S/C11H17N5O3/c1-7-9(16(17)18)10(15-11(12)14-7)13-5-4-8-3-2-6-19-8/h8H,2-6H2,1H3,(H3,12,13,14,15). The Bertz CT molecular complexity index is 474. The van der Waals surface area contributed by atoms with Crippen LogP contribution in [0.15, 0.2) is 0 Å². The number of hydrogen-bond donors (Lipinski definition) is 2. The first-order valence-corrected chi connectivity index (χ1v) is 6.22. The van der Waals surface area contributed by atoms with Crippen molar-refractivity contribution in [2.24, 2.45) is 0 Å². The second-order valence-corrected chi connectivity index (χ2v) is 4.47. The van der Waals surface area contributed by atoms with E-state index >= 15 is 0 Å². The monoisotopic (exact) mass is 267 g/mol. The third-order valence-electron chi connectivity index (χ3n) is 3.04. The molecule has 0 saturated carbocycles. The van der Waals surface area contributed by atoms with Crippen molar-refractivity contribution in [3.63, 3.8) is 0 Å². The molecule has 104 valence electrons. The minimum atomic E-state index is -0.497. The fourth-order valence-electron chi connectivity index (χ4n) is 2.15. The highest BCUT2D eigenvalue weighted by Crippen LogP contribution is 2.26. The molecule has 1 saturated heterocycles. The second-order valence-electron chi connectivity index (χ2n) is 4.47. The SMILES string of the molecule is Cc1nc(N)nc(NCCC2CCCO2)c1[N+](=O)[O-]. The first kappa shape index (κ1) is 13.5. The van der Waals surface area contributed by atoms with Crippen LogP contribution in [0.2, 0.25) is 0 Å². The minimum Gasteiger partial charge on any atom is -0.378 e. The van der Waals surface area contributed by atoms with Crippen LogP contribution in [0.1, 0.15) is 25.0 Å². The maximum absolute atomic E-state index is 11.0. The Balaban J connectivity index is 2.03. The third kappa shape index (κ3) is 3.28. The van der Waals surface area contributed by atoms with E-state index in [-0.39, 0.29) is 29.3 Å². The summed E-state index contributed by atoms with van der Waals surface area (Å²) >= 11 is 0. The summed E-state index contributed by atoms with van der Waals surface area (Å²) in [6.45, 7) is 2.90. The molecule has 19 heavy (non-hydrogen) atoms. The molecule has 3 N–H and O–H groups in total. The molecule has 1 fully saturated rings. The number of ether oxygens (including phenoxy) is 1. The Morgan fingerprint density at radius 3 is 3.00 bits per heavy atom. The molecule has 1 aromatic rings. The zero-order valence-electron chi connectivity index (χ0n) is 10.8. The van der Waals surface area contributed by atoms with E-state index in [2.05, 4.69) is 15.3 Å². The molecule has 1 unspecified atom stereocenters. The summed E-state index contributed by atoms with van der Waals surface area (Å²) in [5.41, 5.74) is 5.65. The number of nitrogen functional groups attached to an aromatic ring is 1. The van der Waals surface area contributed by atoms with Crippen LogP contribution < -0.4 is 11.1 Å². The Morgan fingerprint density at radius 1 is 1.58 bits per heavy atom. The van der Waals surface area contributed by atoms with Crippen molar-refractivity contribution in [1.29, 1.82) is 0 Å². The third-order valence-corrected chi connectivity index (χ3v) is 3.04. The number of anilines is 2. The van der Waals surface area contributed by atoms with Crippen LogP contribution in [0.3, 0.4) is 0 Å². The number of aryl methyl sites for hydroxylation is 1. The molecule has 2 heterocycles. The molecule has 0 spiro atoms. The fraction of sp³-hybridized carbons (Fsp3) is 0.636. The van der Waals surface area contributed by atoms with Gasteiger partial charge in [0.25, 0.3) is 0 Å². The van der Waals surface area contributed by atoms with E-state index in [0.717, 1.165) is 25.9 Å². The Hall–Kier alpha value is -1.96. The van der Waals surface area contributed by atoms with Crippen LogP contribution in [0.5, 0.6) is 0 Å². The lowest BCUT2D eigenvalue weighted by Gasteiger charge is -2.11. The number of rotatable bonds is 5. The van der Waals surface area contributed by atoms with Gasteiger partial charge in [-0.2, -0.15) is 4.98 Å². The summed E-state index contributed by atoms with van der Waals surface area (Å²) in [6, 6.07) is 0. The summed E-state index contributed by atoms with van der Waals surface area (Å²) in [5.74, 6) is 0.204. The molecular formula is C11H17N5O3. The van der Waals surface area contributed by atoms with E-state index in [4.69, 9.17) is 10.5 Å². The van der Waals surface area contributed by atoms with Crippen molar-refractivity contribution >= 4 is 17.5 Å². The van der Waals surface area contributed by atoms with Crippen molar-refractivity contribution in [2.45, 2.75) is 32.3 Å². The Labute approximate surface area is 110 Å². The van der Waals surface area contributed by atoms with Gasteiger partial charge in [-0.25, -0.2) is 4.98 Å². The second kappa shape index (κ2) is 5.79. The Morgan fingerprint density at radius 2 is 2.37 bits per heavy atom. The molecule has 2 rings (SSSR count). The molecule has 0 aromatic carbocycles. The predicted octanol–water partition coefficient (Wildman–Crippen LogP) is 1.26. The zero-order chi connectivity index (χ0) is 13.8. The van der Waals surface area contributed by atoms with Crippen molar-refractivity contribution in [3.05, 3.63) is 15.8 Å². The summed E-state index contributed by atoms with van der Waals surface area (Å²) in [6.07, 6.45) is 3.13. The predicted molar refractivity (Wildman–Crippen MR) is 69.9 cm³/mol. The van der Waals surface area contributed by atoms with Gasteiger partial charge in [-0.15, -0.1) is 0 Å². The average Bonchev–Trinajstić information content (AvgIpc) is 2.80. The average molecular weight is 267 g/mol. The van der Waals surface area contributed by atoms with E-state index < -0.39 is 4.92 Å². The van der Waals surface area contributed by atoms with Crippen molar-refractivity contribution in [3.8, 4) is 0 Å². The quantitative estimate of drug-likeness (QED) is 0.609. The van der Waals surface area contributed by atoms with Gasteiger partial charge in [0.15, 0.2) is 0 Å². The summed E-state index contributed by atoms with van der Waals surface area (Å²) in [7, 11) is 0. The van der Waals surface area contributed by atoms with Gasteiger partial charge in [0.05, 0.1) is 11.0 Å².